The molecule has 0 spiro atoms. The summed E-state index contributed by atoms with van der Waals surface area (Å²) in [5.74, 6) is -0.172. The van der Waals surface area contributed by atoms with Crippen LogP contribution in [-0.2, 0) is 6.18 Å². The first kappa shape index (κ1) is 21.3. The predicted octanol–water partition coefficient (Wildman–Crippen LogP) is 5.12. The van der Waals surface area contributed by atoms with Gasteiger partial charge in [0.2, 0.25) is 5.82 Å². The molecule has 0 bridgehead atoms. The number of hydrogen-bond donors (Lipinski definition) is 1. The third kappa shape index (κ3) is 4.20. The number of fused-ring (bicyclic) bond motifs is 1. The number of alkyl halides is 3. The molecule has 5 rings (SSSR count). The van der Waals surface area contributed by atoms with Crippen molar-refractivity contribution in [1.82, 2.24) is 24.8 Å². The normalized spacial score (nSPS) is 11.5. The maximum atomic E-state index is 13.0. The number of nitrogens with zero attached hydrogens (tertiary/aromatic N) is 5. The molecule has 0 aliphatic rings. The van der Waals surface area contributed by atoms with Crippen LogP contribution in [0.5, 0.6) is 0 Å². The van der Waals surface area contributed by atoms with Crippen LogP contribution >= 0.6 is 0 Å². The van der Waals surface area contributed by atoms with E-state index in [0.717, 1.165) is 12.1 Å². The molecule has 5 aromatic rings. The Morgan fingerprint density at radius 1 is 0.853 bits per heavy atom. The lowest BCUT2D eigenvalue weighted by molar-refractivity contribution is -0.137. The highest BCUT2D eigenvalue weighted by atomic mass is 19.4. The van der Waals surface area contributed by atoms with Crippen LogP contribution in [0.2, 0.25) is 0 Å². The topological polar surface area (TPSA) is 85.1 Å². The largest absolute Gasteiger partial charge is 0.416 e. The number of hydrogen-bond acceptors (Lipinski definition) is 5. The molecule has 0 saturated carbocycles. The van der Waals surface area contributed by atoms with Gasteiger partial charge in [0.15, 0.2) is 5.65 Å². The Labute approximate surface area is 190 Å². The summed E-state index contributed by atoms with van der Waals surface area (Å²) < 4.78 is 40.5. The fourth-order valence-corrected chi connectivity index (χ4v) is 3.39. The lowest BCUT2D eigenvalue weighted by atomic mass is 10.1. The average molecular weight is 460 g/mol. The van der Waals surface area contributed by atoms with Gasteiger partial charge in [-0.2, -0.15) is 22.8 Å². The summed E-state index contributed by atoms with van der Waals surface area (Å²) in [5, 5.41) is 15.5. The van der Waals surface area contributed by atoms with Crippen LogP contribution < -0.4 is 5.32 Å². The van der Waals surface area contributed by atoms with Crippen molar-refractivity contribution >= 4 is 17.2 Å². The number of aromatic nitrogens is 5. The number of nitrogens with one attached hydrogen (secondary N) is 1. The molecule has 0 radical (unpaired) electrons. The highest BCUT2D eigenvalue weighted by Crippen LogP contribution is 2.30. The number of carbonyl (C=O) groups is 1. The first-order valence-electron chi connectivity index (χ1n) is 10.1. The van der Waals surface area contributed by atoms with Crippen molar-refractivity contribution in [2.75, 3.05) is 5.32 Å². The molecule has 0 fully saturated rings. The standard InChI is InChI=1S/C24H15F3N6O/c25-24(26,27)17-7-3-6-16(13-17)23(34)29-18-8-4-5-15(14-18)19-10-11-21-30-31-22(33(21)32-19)20-9-1-2-12-28-20/h1-14H,(H,29,34). The lowest BCUT2D eigenvalue weighted by Gasteiger charge is -2.10. The monoisotopic (exact) mass is 460 g/mol. The van der Waals surface area contributed by atoms with Crippen LogP contribution in [0.4, 0.5) is 18.9 Å². The second-order valence-corrected chi connectivity index (χ2v) is 7.34. The number of carbonyl (C=O) groups excluding carboxylic acids is 1. The average Bonchev–Trinajstić information content (AvgIpc) is 3.28. The van der Waals surface area contributed by atoms with Gasteiger partial charge in [-0.3, -0.25) is 9.78 Å². The van der Waals surface area contributed by atoms with Crippen molar-refractivity contribution in [1.29, 1.82) is 0 Å². The van der Waals surface area contributed by atoms with Crippen molar-refractivity contribution < 1.29 is 18.0 Å². The number of amides is 1. The van der Waals surface area contributed by atoms with Gasteiger partial charge in [-0.1, -0.05) is 24.3 Å². The SMILES string of the molecule is O=C(Nc1cccc(-c2ccc3nnc(-c4ccccn4)n3n2)c1)c1cccc(C(F)(F)F)c1. The molecule has 1 amide bonds. The molecule has 3 heterocycles. The quantitative estimate of drug-likeness (QED) is 0.402. The summed E-state index contributed by atoms with van der Waals surface area (Å²) in [5.41, 5.74) is 1.85. The minimum Gasteiger partial charge on any atom is -0.322 e. The number of halogens is 3. The van der Waals surface area contributed by atoms with E-state index >= 15 is 0 Å². The molecule has 0 aliphatic carbocycles. The zero-order valence-electron chi connectivity index (χ0n) is 17.4. The second kappa shape index (κ2) is 8.39. The van der Waals surface area contributed by atoms with E-state index in [0.29, 0.717) is 34.1 Å². The molecule has 10 heteroatoms. The van der Waals surface area contributed by atoms with E-state index in [1.165, 1.54) is 12.1 Å². The van der Waals surface area contributed by atoms with Crippen LogP contribution in [0, 0.1) is 0 Å². The van der Waals surface area contributed by atoms with Crippen LogP contribution in [0.3, 0.4) is 0 Å². The molecule has 2 aromatic carbocycles. The van der Waals surface area contributed by atoms with Gasteiger partial charge in [0.1, 0.15) is 5.69 Å². The highest BCUT2D eigenvalue weighted by Gasteiger charge is 2.30. The summed E-state index contributed by atoms with van der Waals surface area (Å²) in [4.78, 5) is 16.9. The minimum absolute atomic E-state index is 0.0933. The minimum atomic E-state index is -4.53. The van der Waals surface area contributed by atoms with E-state index in [-0.39, 0.29) is 5.56 Å². The Morgan fingerprint density at radius 3 is 2.50 bits per heavy atom. The van der Waals surface area contributed by atoms with Crippen molar-refractivity contribution in [2.45, 2.75) is 6.18 Å². The summed E-state index contributed by atoms with van der Waals surface area (Å²) in [6, 6.07) is 20.1. The third-order valence-corrected chi connectivity index (χ3v) is 5.03. The Hall–Kier alpha value is -4.60. The molecule has 0 unspecified atom stereocenters. The molecule has 0 saturated heterocycles. The summed E-state index contributed by atoms with van der Waals surface area (Å²) in [6.45, 7) is 0. The van der Waals surface area contributed by atoms with Crippen molar-refractivity contribution in [3.8, 4) is 22.8 Å². The first-order chi connectivity index (χ1) is 16.4. The Balaban J connectivity index is 1.44. The molecule has 0 atom stereocenters. The molecular formula is C24H15F3N6O. The molecule has 0 aliphatic heterocycles. The molecular weight excluding hydrogens is 445 g/mol. The van der Waals surface area contributed by atoms with Gasteiger partial charge in [-0.25, -0.2) is 0 Å². The zero-order chi connectivity index (χ0) is 23.7. The number of pyridine rings is 1. The molecule has 1 N–H and O–H groups in total. The van der Waals surface area contributed by atoms with Crippen molar-refractivity contribution in [3.05, 3.63) is 96.2 Å². The number of benzene rings is 2. The van der Waals surface area contributed by atoms with Crippen molar-refractivity contribution in [2.24, 2.45) is 0 Å². The molecule has 3 aromatic heterocycles. The Morgan fingerprint density at radius 2 is 1.71 bits per heavy atom. The van der Waals surface area contributed by atoms with Crippen LogP contribution in [0.15, 0.2) is 85.1 Å². The van der Waals surface area contributed by atoms with Crippen molar-refractivity contribution in [3.63, 3.8) is 0 Å². The van der Waals surface area contributed by atoms with Crippen LogP contribution in [-0.4, -0.2) is 30.7 Å². The smallest absolute Gasteiger partial charge is 0.322 e. The van der Waals surface area contributed by atoms with Gasteiger partial charge < -0.3 is 5.32 Å². The summed E-state index contributed by atoms with van der Waals surface area (Å²) in [6.07, 6.45) is -2.88. The second-order valence-electron chi connectivity index (χ2n) is 7.34. The van der Waals surface area contributed by atoms with E-state index in [1.807, 2.05) is 6.07 Å². The zero-order valence-corrected chi connectivity index (χ0v) is 17.4. The maximum Gasteiger partial charge on any atom is 0.416 e. The fourth-order valence-electron chi connectivity index (χ4n) is 3.39. The molecule has 7 nitrogen and oxygen atoms in total. The highest BCUT2D eigenvalue weighted by molar-refractivity contribution is 6.04. The van der Waals surface area contributed by atoms with E-state index < -0.39 is 17.6 Å². The predicted molar refractivity (Wildman–Crippen MR) is 119 cm³/mol. The fraction of sp³-hybridized carbons (Fsp3) is 0.0417. The van der Waals surface area contributed by atoms with E-state index in [1.54, 1.807) is 59.2 Å². The van der Waals surface area contributed by atoms with Gasteiger partial charge in [0.05, 0.1) is 11.3 Å². The third-order valence-electron chi connectivity index (χ3n) is 5.03. The van der Waals surface area contributed by atoms with Gasteiger partial charge in [-0.05, 0) is 54.6 Å². The number of rotatable bonds is 4. The van der Waals surface area contributed by atoms with E-state index in [2.05, 4.69) is 25.6 Å². The lowest BCUT2D eigenvalue weighted by Crippen LogP contribution is -2.14. The van der Waals surface area contributed by atoms with E-state index in [9.17, 15) is 18.0 Å². The van der Waals surface area contributed by atoms with Gasteiger partial charge in [0.25, 0.3) is 5.91 Å². The van der Waals surface area contributed by atoms with Gasteiger partial charge in [-0.15, -0.1) is 10.2 Å². The van der Waals surface area contributed by atoms with Crippen LogP contribution in [0.25, 0.3) is 28.4 Å². The molecule has 34 heavy (non-hydrogen) atoms. The van der Waals surface area contributed by atoms with Crippen LogP contribution in [0.1, 0.15) is 15.9 Å². The maximum absolute atomic E-state index is 13.0. The summed E-state index contributed by atoms with van der Waals surface area (Å²) in [7, 11) is 0. The van der Waals surface area contributed by atoms with Gasteiger partial charge in [0, 0.05) is 23.0 Å². The molecule has 168 valence electrons. The Bertz CT molecular complexity index is 1500. The first-order valence-corrected chi connectivity index (χ1v) is 10.1. The number of anilines is 1. The summed E-state index contributed by atoms with van der Waals surface area (Å²) >= 11 is 0. The van der Waals surface area contributed by atoms with Gasteiger partial charge >= 0.3 is 6.18 Å². The van der Waals surface area contributed by atoms with E-state index in [4.69, 9.17) is 0 Å². The Kier molecular flexibility index (Phi) is 5.25.